The standard InChI is InChI=1S/C20H19N3O2/c1-25-9-8-19(14-7-6-13-11-21-23-17(13)10-14)12-20(19)15-4-2-3-5-16(15)22-18(20)24/h2-7,10-11H,8-9,12H2,1H3,(H,21,23)(H,22,24)/t19-,20-/m1/s1. The molecule has 5 nitrogen and oxygen atoms in total. The number of carbonyl (C=O) groups is 1. The van der Waals surface area contributed by atoms with Crippen LogP contribution in [-0.2, 0) is 20.4 Å². The predicted octanol–water partition coefficient (Wildman–Crippen LogP) is 3.13. The number of carbonyl (C=O) groups excluding carboxylic acids is 1. The lowest BCUT2D eigenvalue weighted by Gasteiger charge is -2.22. The molecule has 5 heteroatoms. The first-order valence-corrected chi connectivity index (χ1v) is 8.55. The van der Waals surface area contributed by atoms with Crippen molar-refractivity contribution in [3.8, 4) is 0 Å². The Balaban J connectivity index is 1.68. The van der Waals surface area contributed by atoms with Crippen LogP contribution in [0.2, 0.25) is 0 Å². The number of anilines is 1. The second-order valence-electron chi connectivity index (χ2n) is 7.08. The maximum absolute atomic E-state index is 13.0. The molecule has 1 spiro atoms. The van der Waals surface area contributed by atoms with Crippen LogP contribution in [0.1, 0.15) is 24.0 Å². The molecule has 1 aromatic heterocycles. The zero-order chi connectivity index (χ0) is 17.1. The number of nitrogens with zero attached hydrogens (tertiary/aromatic N) is 1. The third-order valence-electron chi connectivity index (χ3n) is 6.01. The lowest BCUT2D eigenvalue weighted by atomic mass is 9.80. The molecule has 25 heavy (non-hydrogen) atoms. The van der Waals surface area contributed by atoms with Gasteiger partial charge in [-0.05, 0) is 36.1 Å². The van der Waals surface area contributed by atoms with Gasteiger partial charge in [-0.15, -0.1) is 0 Å². The van der Waals surface area contributed by atoms with E-state index in [4.69, 9.17) is 4.74 Å². The van der Waals surface area contributed by atoms with E-state index in [0.29, 0.717) is 6.61 Å². The van der Waals surface area contributed by atoms with E-state index in [1.807, 2.05) is 24.4 Å². The Bertz CT molecular complexity index is 995. The molecule has 1 aliphatic carbocycles. The lowest BCUT2D eigenvalue weighted by molar-refractivity contribution is -0.118. The van der Waals surface area contributed by atoms with Crippen LogP contribution in [0.15, 0.2) is 48.7 Å². The Morgan fingerprint density at radius 3 is 3.00 bits per heavy atom. The van der Waals surface area contributed by atoms with Crippen molar-refractivity contribution in [1.82, 2.24) is 10.2 Å². The number of nitrogens with one attached hydrogen (secondary N) is 2. The van der Waals surface area contributed by atoms with E-state index in [1.54, 1.807) is 7.11 Å². The molecular formula is C20H19N3O2. The van der Waals surface area contributed by atoms with Gasteiger partial charge in [0, 0.05) is 30.2 Å². The number of methoxy groups -OCH3 is 1. The van der Waals surface area contributed by atoms with Crippen LogP contribution in [-0.4, -0.2) is 29.8 Å². The number of aromatic nitrogens is 2. The minimum atomic E-state index is -0.490. The van der Waals surface area contributed by atoms with E-state index < -0.39 is 5.41 Å². The van der Waals surface area contributed by atoms with Crippen LogP contribution in [0, 0.1) is 0 Å². The van der Waals surface area contributed by atoms with Crippen LogP contribution in [0.25, 0.3) is 10.9 Å². The van der Waals surface area contributed by atoms with Gasteiger partial charge >= 0.3 is 0 Å². The van der Waals surface area contributed by atoms with Crippen LogP contribution in [0.3, 0.4) is 0 Å². The Kier molecular flexibility index (Phi) is 2.89. The molecule has 2 heterocycles. The fraction of sp³-hybridized carbons (Fsp3) is 0.300. The number of rotatable bonds is 4. The van der Waals surface area contributed by atoms with Crippen LogP contribution in [0.5, 0.6) is 0 Å². The smallest absolute Gasteiger partial charge is 0.236 e. The van der Waals surface area contributed by atoms with Gasteiger partial charge in [-0.1, -0.05) is 30.3 Å². The van der Waals surface area contributed by atoms with Crippen LogP contribution in [0.4, 0.5) is 5.69 Å². The second-order valence-corrected chi connectivity index (χ2v) is 7.08. The topological polar surface area (TPSA) is 67.0 Å². The van der Waals surface area contributed by atoms with Crippen molar-refractivity contribution in [2.45, 2.75) is 23.7 Å². The molecule has 0 unspecified atom stereocenters. The van der Waals surface area contributed by atoms with Crippen molar-refractivity contribution in [2.24, 2.45) is 0 Å². The van der Waals surface area contributed by atoms with Gasteiger partial charge in [-0.25, -0.2) is 0 Å². The molecule has 1 amide bonds. The van der Waals surface area contributed by atoms with Crippen molar-refractivity contribution < 1.29 is 9.53 Å². The summed E-state index contributed by atoms with van der Waals surface area (Å²) in [6.45, 7) is 0.623. The fourth-order valence-corrected chi connectivity index (χ4v) is 4.68. The maximum atomic E-state index is 13.0. The summed E-state index contributed by atoms with van der Waals surface area (Å²) in [7, 11) is 1.71. The normalized spacial score (nSPS) is 26.8. The van der Waals surface area contributed by atoms with E-state index >= 15 is 0 Å². The average Bonchev–Trinajstić information content (AvgIpc) is 2.93. The molecule has 1 aliphatic heterocycles. The molecule has 1 fully saturated rings. The molecule has 1 saturated carbocycles. The van der Waals surface area contributed by atoms with Gasteiger partial charge in [0.15, 0.2) is 0 Å². The first kappa shape index (κ1) is 14.7. The van der Waals surface area contributed by atoms with Crippen molar-refractivity contribution in [1.29, 1.82) is 0 Å². The van der Waals surface area contributed by atoms with Crippen molar-refractivity contribution in [3.05, 3.63) is 59.8 Å². The summed E-state index contributed by atoms with van der Waals surface area (Å²) < 4.78 is 5.39. The van der Waals surface area contributed by atoms with Gasteiger partial charge in [0.2, 0.25) is 5.91 Å². The van der Waals surface area contributed by atoms with E-state index in [1.165, 1.54) is 5.56 Å². The van der Waals surface area contributed by atoms with Crippen LogP contribution >= 0.6 is 0 Å². The first-order chi connectivity index (χ1) is 12.2. The summed E-state index contributed by atoms with van der Waals surface area (Å²) in [6, 6.07) is 14.4. The molecule has 3 aromatic rings. The summed E-state index contributed by atoms with van der Waals surface area (Å²) in [5.41, 5.74) is 3.50. The molecule has 0 saturated heterocycles. The van der Waals surface area contributed by atoms with E-state index in [2.05, 4.69) is 39.8 Å². The zero-order valence-electron chi connectivity index (χ0n) is 14.0. The van der Waals surface area contributed by atoms with Gasteiger partial charge in [-0.2, -0.15) is 5.10 Å². The highest BCUT2D eigenvalue weighted by Gasteiger charge is 2.75. The number of hydrogen-bond donors (Lipinski definition) is 2. The Morgan fingerprint density at radius 2 is 2.12 bits per heavy atom. The molecular weight excluding hydrogens is 314 g/mol. The summed E-state index contributed by atoms with van der Waals surface area (Å²) in [5.74, 6) is 0.106. The monoisotopic (exact) mass is 333 g/mol. The van der Waals surface area contributed by atoms with E-state index in [0.717, 1.165) is 35.0 Å². The van der Waals surface area contributed by atoms with Gasteiger partial charge in [0.1, 0.15) is 0 Å². The highest BCUT2D eigenvalue weighted by atomic mass is 16.5. The quantitative estimate of drug-likeness (QED) is 0.771. The van der Waals surface area contributed by atoms with Crippen LogP contribution < -0.4 is 5.32 Å². The number of amides is 1. The third kappa shape index (κ3) is 1.76. The van der Waals surface area contributed by atoms with Gasteiger partial charge in [0.25, 0.3) is 0 Å². The predicted molar refractivity (Wildman–Crippen MR) is 95.6 cm³/mol. The van der Waals surface area contributed by atoms with Gasteiger partial charge in [0.05, 0.1) is 17.1 Å². The fourth-order valence-electron chi connectivity index (χ4n) is 4.68. The van der Waals surface area contributed by atoms with Crippen molar-refractivity contribution >= 4 is 22.5 Å². The van der Waals surface area contributed by atoms with Crippen molar-refractivity contribution in [2.75, 3.05) is 19.0 Å². The largest absolute Gasteiger partial charge is 0.385 e. The second kappa shape index (κ2) is 4.92. The van der Waals surface area contributed by atoms with Crippen molar-refractivity contribution in [3.63, 3.8) is 0 Å². The molecule has 126 valence electrons. The first-order valence-electron chi connectivity index (χ1n) is 8.55. The Hall–Kier alpha value is -2.66. The number of ether oxygens (including phenoxy) is 1. The molecule has 5 rings (SSSR count). The average molecular weight is 333 g/mol. The summed E-state index contributed by atoms with van der Waals surface area (Å²) >= 11 is 0. The van der Waals surface area contributed by atoms with Gasteiger partial charge < -0.3 is 10.1 Å². The van der Waals surface area contributed by atoms with E-state index in [-0.39, 0.29) is 11.3 Å². The number of hydrogen-bond acceptors (Lipinski definition) is 3. The lowest BCUT2D eigenvalue weighted by Crippen LogP contribution is -2.30. The Labute approximate surface area is 145 Å². The zero-order valence-corrected chi connectivity index (χ0v) is 14.0. The highest BCUT2D eigenvalue weighted by Crippen LogP contribution is 2.70. The summed E-state index contributed by atoms with van der Waals surface area (Å²) in [5, 5.41) is 11.3. The third-order valence-corrected chi connectivity index (χ3v) is 6.01. The van der Waals surface area contributed by atoms with Gasteiger partial charge in [-0.3, -0.25) is 9.89 Å². The maximum Gasteiger partial charge on any atom is 0.236 e. The molecule has 2 aliphatic rings. The SMILES string of the molecule is COCC[C@]1(c2ccc3cn[nH]c3c2)C[C@@]12C(=O)Nc1ccccc12. The number of para-hydroxylation sites is 1. The minimum Gasteiger partial charge on any atom is -0.385 e. The molecule has 0 bridgehead atoms. The minimum absolute atomic E-state index is 0.106. The molecule has 2 N–H and O–H groups in total. The molecule has 2 atom stereocenters. The number of aromatic amines is 1. The van der Waals surface area contributed by atoms with E-state index in [9.17, 15) is 4.79 Å². The molecule has 2 aromatic carbocycles. The number of fused-ring (bicyclic) bond motifs is 3. The summed E-state index contributed by atoms with van der Waals surface area (Å²) in [6.07, 6.45) is 3.44. The number of H-pyrrole nitrogens is 1. The summed E-state index contributed by atoms with van der Waals surface area (Å²) in [4.78, 5) is 13.0. The highest BCUT2D eigenvalue weighted by molar-refractivity contribution is 6.10. The molecule has 0 radical (unpaired) electrons. The Morgan fingerprint density at radius 1 is 1.24 bits per heavy atom. The number of benzene rings is 2.